The van der Waals surface area contributed by atoms with Gasteiger partial charge in [-0.1, -0.05) is 29.3 Å². The van der Waals surface area contributed by atoms with Crippen LogP contribution in [0, 0.1) is 0 Å². The lowest BCUT2D eigenvalue weighted by molar-refractivity contribution is -0.139. The van der Waals surface area contributed by atoms with E-state index in [4.69, 9.17) is 32.7 Å². The lowest BCUT2D eigenvalue weighted by Crippen LogP contribution is -2.32. The molecule has 0 aromatic heterocycles. The summed E-state index contributed by atoms with van der Waals surface area (Å²) >= 11 is 12.4. The fraction of sp³-hybridized carbons (Fsp3) is 0.333. The van der Waals surface area contributed by atoms with Gasteiger partial charge in [-0.05, 0) is 56.9 Å². The summed E-state index contributed by atoms with van der Waals surface area (Å²) < 4.78 is 10.4. The molecule has 1 heterocycles. The minimum atomic E-state index is -0.957. The van der Waals surface area contributed by atoms with Crippen molar-refractivity contribution >= 4 is 40.7 Å². The maximum Gasteiger partial charge on any atom is 0.295 e. The molecular formula is C24H26Cl2N2O6. The molecule has 34 heavy (non-hydrogen) atoms. The number of hydrogen-bond donors (Lipinski definition) is 2. The predicted octanol–water partition coefficient (Wildman–Crippen LogP) is 4.09. The van der Waals surface area contributed by atoms with Crippen LogP contribution in [0.25, 0.3) is 5.76 Å². The smallest absolute Gasteiger partial charge is 0.295 e. The number of phenolic OH excluding ortho intramolecular Hbond substituents is 1. The van der Waals surface area contributed by atoms with Crippen molar-refractivity contribution in [3.05, 3.63) is 57.1 Å². The van der Waals surface area contributed by atoms with Gasteiger partial charge in [0.15, 0.2) is 11.5 Å². The molecule has 0 saturated carbocycles. The Morgan fingerprint density at radius 2 is 1.82 bits per heavy atom. The minimum Gasteiger partial charge on any atom is -0.507 e. The Morgan fingerprint density at radius 3 is 2.41 bits per heavy atom. The molecule has 0 aliphatic carbocycles. The van der Waals surface area contributed by atoms with Crippen molar-refractivity contribution in [2.24, 2.45) is 0 Å². The fourth-order valence-corrected chi connectivity index (χ4v) is 4.55. The molecule has 8 nitrogen and oxygen atoms in total. The number of rotatable bonds is 8. The number of ether oxygens (including phenoxy) is 2. The number of aliphatic hydroxyl groups is 1. The number of phenols is 1. The molecule has 1 aliphatic rings. The average molecular weight is 509 g/mol. The first-order chi connectivity index (χ1) is 16.1. The molecule has 1 aliphatic heterocycles. The van der Waals surface area contributed by atoms with Crippen LogP contribution in [0.3, 0.4) is 0 Å². The van der Waals surface area contributed by atoms with Gasteiger partial charge in [0.1, 0.15) is 11.5 Å². The van der Waals surface area contributed by atoms with Crippen LogP contribution in [0.15, 0.2) is 35.9 Å². The van der Waals surface area contributed by atoms with Gasteiger partial charge in [-0.3, -0.25) is 9.59 Å². The van der Waals surface area contributed by atoms with Crippen molar-refractivity contribution in [2.75, 3.05) is 41.4 Å². The van der Waals surface area contributed by atoms with Crippen LogP contribution in [-0.4, -0.2) is 73.1 Å². The van der Waals surface area contributed by atoms with E-state index < -0.39 is 23.5 Å². The highest BCUT2D eigenvalue weighted by Gasteiger charge is 2.46. The molecule has 1 amide bonds. The lowest BCUT2D eigenvalue weighted by atomic mass is 9.94. The number of amides is 1. The number of aromatic hydroxyl groups is 1. The number of benzene rings is 2. The van der Waals surface area contributed by atoms with Gasteiger partial charge in [0, 0.05) is 11.6 Å². The van der Waals surface area contributed by atoms with Gasteiger partial charge >= 0.3 is 0 Å². The molecule has 10 heteroatoms. The Labute approximate surface area is 207 Å². The van der Waals surface area contributed by atoms with E-state index in [0.717, 1.165) is 0 Å². The SMILES string of the molecule is COc1ccc(C2/C(=C(\O)c3cc(Cl)cc(Cl)c3OC)C(=O)C(=O)N2CCCN(C)C)cc1O. The number of Topliss-reactive ketones (excluding diaryl/α,β-unsaturated/α-hetero) is 1. The number of carbonyl (C=O) groups excluding carboxylic acids is 2. The Kier molecular flexibility index (Phi) is 7.97. The largest absolute Gasteiger partial charge is 0.507 e. The molecule has 2 N–H and O–H groups in total. The highest BCUT2D eigenvalue weighted by molar-refractivity contribution is 6.46. The van der Waals surface area contributed by atoms with Crippen LogP contribution >= 0.6 is 23.2 Å². The Balaban J connectivity index is 2.22. The third-order valence-corrected chi connectivity index (χ3v) is 6.03. The van der Waals surface area contributed by atoms with Gasteiger partial charge in [-0.15, -0.1) is 0 Å². The first kappa shape index (κ1) is 25.7. The van der Waals surface area contributed by atoms with Crippen LogP contribution in [-0.2, 0) is 9.59 Å². The number of aliphatic hydroxyl groups excluding tert-OH is 1. The zero-order valence-electron chi connectivity index (χ0n) is 19.3. The standard InChI is InChI=1S/C24H26Cl2N2O6/c1-27(2)8-5-9-28-20(13-6-7-18(33-3)17(29)10-13)19(22(31)24(28)32)21(30)15-11-14(25)12-16(26)23(15)34-4/h6-7,10-12,20,29-30H,5,8-9H2,1-4H3/b21-19+. The van der Waals surface area contributed by atoms with Crippen molar-refractivity contribution in [3.63, 3.8) is 0 Å². The maximum absolute atomic E-state index is 13.2. The van der Waals surface area contributed by atoms with Gasteiger partial charge in [0.25, 0.3) is 11.7 Å². The van der Waals surface area contributed by atoms with Gasteiger partial charge in [-0.2, -0.15) is 0 Å². The van der Waals surface area contributed by atoms with E-state index in [1.165, 1.54) is 43.4 Å². The molecular weight excluding hydrogens is 483 g/mol. The Morgan fingerprint density at radius 1 is 1.12 bits per heavy atom. The van der Waals surface area contributed by atoms with Crippen LogP contribution in [0.5, 0.6) is 17.2 Å². The molecule has 3 rings (SSSR count). The van der Waals surface area contributed by atoms with Gasteiger partial charge < -0.3 is 29.5 Å². The first-order valence-electron chi connectivity index (χ1n) is 10.4. The van der Waals surface area contributed by atoms with Crippen molar-refractivity contribution < 1.29 is 29.3 Å². The normalized spacial score (nSPS) is 17.5. The number of carbonyl (C=O) groups is 2. The van der Waals surface area contributed by atoms with Crippen LogP contribution in [0.2, 0.25) is 10.0 Å². The number of methoxy groups -OCH3 is 2. The summed E-state index contributed by atoms with van der Waals surface area (Å²) in [6, 6.07) is 6.46. The molecule has 1 fully saturated rings. The molecule has 1 saturated heterocycles. The topological polar surface area (TPSA) is 99.5 Å². The monoisotopic (exact) mass is 508 g/mol. The molecule has 2 aromatic rings. The second-order valence-corrected chi connectivity index (χ2v) is 8.89. The predicted molar refractivity (Wildman–Crippen MR) is 130 cm³/mol. The summed E-state index contributed by atoms with van der Waals surface area (Å²) in [5.74, 6) is -1.92. The van der Waals surface area contributed by atoms with E-state index in [-0.39, 0.29) is 45.0 Å². The average Bonchev–Trinajstić information content (AvgIpc) is 3.02. The van der Waals surface area contributed by atoms with Crippen LogP contribution in [0.1, 0.15) is 23.6 Å². The summed E-state index contributed by atoms with van der Waals surface area (Å²) in [6.45, 7) is 0.936. The molecule has 2 aromatic carbocycles. The third-order valence-electron chi connectivity index (χ3n) is 5.53. The zero-order valence-corrected chi connectivity index (χ0v) is 20.8. The number of likely N-dealkylation sites (tertiary alicyclic amines) is 1. The second kappa shape index (κ2) is 10.5. The van der Waals surface area contributed by atoms with E-state index in [1.54, 1.807) is 6.07 Å². The molecule has 0 radical (unpaired) electrons. The Bertz CT molecular complexity index is 1150. The van der Waals surface area contributed by atoms with Crippen LogP contribution < -0.4 is 9.47 Å². The van der Waals surface area contributed by atoms with Gasteiger partial charge in [-0.25, -0.2) is 0 Å². The van der Waals surface area contributed by atoms with E-state index >= 15 is 0 Å². The molecule has 1 atom stereocenters. The summed E-state index contributed by atoms with van der Waals surface area (Å²) in [7, 11) is 6.59. The molecule has 1 unspecified atom stereocenters. The lowest BCUT2D eigenvalue weighted by Gasteiger charge is -2.26. The first-order valence-corrected chi connectivity index (χ1v) is 11.2. The highest BCUT2D eigenvalue weighted by atomic mass is 35.5. The van der Waals surface area contributed by atoms with Gasteiger partial charge in [0.2, 0.25) is 0 Å². The van der Waals surface area contributed by atoms with Crippen LogP contribution in [0.4, 0.5) is 0 Å². The summed E-state index contributed by atoms with van der Waals surface area (Å²) in [5, 5.41) is 22.0. The molecule has 0 bridgehead atoms. The molecule has 0 spiro atoms. The maximum atomic E-state index is 13.2. The fourth-order valence-electron chi connectivity index (χ4n) is 3.98. The summed E-state index contributed by atoms with van der Waals surface area (Å²) in [6.07, 6.45) is 0.588. The Hall–Kier alpha value is -2.94. The van der Waals surface area contributed by atoms with E-state index in [9.17, 15) is 19.8 Å². The number of halogens is 2. The molecule has 182 valence electrons. The van der Waals surface area contributed by atoms with E-state index in [0.29, 0.717) is 18.5 Å². The number of nitrogens with zero attached hydrogens (tertiary/aromatic N) is 2. The van der Waals surface area contributed by atoms with Crippen molar-refractivity contribution in [3.8, 4) is 17.2 Å². The second-order valence-electron chi connectivity index (χ2n) is 8.05. The summed E-state index contributed by atoms with van der Waals surface area (Å²) in [5.41, 5.74) is 0.348. The van der Waals surface area contributed by atoms with E-state index in [2.05, 4.69) is 0 Å². The van der Waals surface area contributed by atoms with Crippen molar-refractivity contribution in [2.45, 2.75) is 12.5 Å². The minimum absolute atomic E-state index is 0.0778. The third kappa shape index (κ3) is 4.94. The van der Waals surface area contributed by atoms with Gasteiger partial charge in [0.05, 0.1) is 36.4 Å². The summed E-state index contributed by atoms with van der Waals surface area (Å²) in [4.78, 5) is 29.6. The van der Waals surface area contributed by atoms with Crippen molar-refractivity contribution in [1.82, 2.24) is 9.80 Å². The van der Waals surface area contributed by atoms with Crippen molar-refractivity contribution in [1.29, 1.82) is 0 Å². The quantitative estimate of drug-likeness (QED) is 0.314. The number of hydrogen-bond acceptors (Lipinski definition) is 7. The zero-order chi connectivity index (χ0) is 25.2. The van der Waals surface area contributed by atoms with E-state index in [1.807, 2.05) is 19.0 Å². The number of ketones is 1. The highest BCUT2D eigenvalue weighted by Crippen LogP contribution is 2.44.